The molecular formula is C13H21NO3. The molecule has 0 saturated carbocycles. The van der Waals surface area contributed by atoms with Gasteiger partial charge in [-0.1, -0.05) is 13.3 Å². The smallest absolute Gasteiger partial charge is 0.138 e. The van der Waals surface area contributed by atoms with Crippen LogP contribution in [0.25, 0.3) is 0 Å². The zero-order valence-corrected chi connectivity index (χ0v) is 10.6. The fraction of sp³-hybridized carbons (Fsp3) is 0.615. The molecule has 0 aliphatic heterocycles. The van der Waals surface area contributed by atoms with Crippen LogP contribution in [-0.4, -0.2) is 27.4 Å². The molecule has 4 heteroatoms. The van der Waals surface area contributed by atoms with E-state index in [1.807, 2.05) is 20.8 Å². The molecule has 0 aliphatic carbocycles. The van der Waals surface area contributed by atoms with Crippen LogP contribution in [-0.2, 0) is 0 Å². The molecule has 1 aromatic heterocycles. The molecule has 1 heterocycles. The molecule has 17 heavy (non-hydrogen) atoms. The minimum absolute atomic E-state index is 0.0600. The lowest BCUT2D eigenvalue weighted by Crippen LogP contribution is -2.18. The van der Waals surface area contributed by atoms with E-state index in [1.165, 1.54) is 0 Å². The number of nitrogens with zero attached hydrogens (tertiary/aromatic N) is 1. The Kier molecular flexibility index (Phi) is 5.38. The zero-order valence-electron chi connectivity index (χ0n) is 10.6. The average Bonchev–Trinajstić information content (AvgIpc) is 2.28. The molecule has 2 unspecified atom stereocenters. The molecule has 0 spiro atoms. The molecule has 0 aromatic carbocycles. The SMILES string of the molecule is CCCC(O)C(O)c1cncc(OC(C)C)c1. The van der Waals surface area contributed by atoms with Crippen LogP contribution < -0.4 is 4.74 Å². The van der Waals surface area contributed by atoms with Crippen molar-refractivity contribution in [3.05, 3.63) is 24.0 Å². The Morgan fingerprint density at radius 1 is 1.29 bits per heavy atom. The predicted molar refractivity (Wildman–Crippen MR) is 65.9 cm³/mol. The predicted octanol–water partition coefficient (Wildman–Crippen LogP) is 2.06. The van der Waals surface area contributed by atoms with Crippen molar-refractivity contribution in [3.8, 4) is 5.75 Å². The number of ether oxygens (including phenoxy) is 1. The van der Waals surface area contributed by atoms with Gasteiger partial charge >= 0.3 is 0 Å². The van der Waals surface area contributed by atoms with Crippen LogP contribution in [0.3, 0.4) is 0 Å². The standard InChI is InChI=1S/C13H21NO3/c1-4-5-12(15)13(16)10-6-11(8-14-7-10)17-9(2)3/h6-9,12-13,15-16H,4-5H2,1-3H3. The van der Waals surface area contributed by atoms with Crippen molar-refractivity contribution in [2.45, 2.75) is 51.9 Å². The van der Waals surface area contributed by atoms with Crippen LogP contribution in [0.2, 0.25) is 0 Å². The molecule has 4 nitrogen and oxygen atoms in total. The lowest BCUT2D eigenvalue weighted by molar-refractivity contribution is 0.0127. The molecule has 0 aliphatic rings. The molecule has 0 saturated heterocycles. The molecule has 2 N–H and O–H groups in total. The Labute approximate surface area is 102 Å². The summed E-state index contributed by atoms with van der Waals surface area (Å²) in [6.07, 6.45) is 2.95. The van der Waals surface area contributed by atoms with E-state index in [2.05, 4.69) is 4.98 Å². The summed E-state index contributed by atoms with van der Waals surface area (Å²) in [5.74, 6) is 0.611. The summed E-state index contributed by atoms with van der Waals surface area (Å²) in [5, 5.41) is 19.7. The summed E-state index contributed by atoms with van der Waals surface area (Å²) in [5.41, 5.74) is 0.587. The van der Waals surface area contributed by atoms with E-state index >= 15 is 0 Å². The highest BCUT2D eigenvalue weighted by molar-refractivity contribution is 5.25. The van der Waals surface area contributed by atoms with E-state index < -0.39 is 12.2 Å². The normalized spacial score (nSPS) is 14.7. The van der Waals surface area contributed by atoms with Gasteiger partial charge < -0.3 is 14.9 Å². The second kappa shape index (κ2) is 6.57. The Hall–Kier alpha value is -1.13. The van der Waals surface area contributed by atoms with Gasteiger partial charge in [-0.3, -0.25) is 4.98 Å². The first-order chi connectivity index (χ1) is 8.04. The first-order valence-corrected chi connectivity index (χ1v) is 6.02. The lowest BCUT2D eigenvalue weighted by atomic mass is 10.0. The maximum atomic E-state index is 9.93. The molecule has 1 aromatic rings. The highest BCUT2D eigenvalue weighted by atomic mass is 16.5. The summed E-state index contributed by atoms with van der Waals surface area (Å²) < 4.78 is 5.49. The van der Waals surface area contributed by atoms with Gasteiger partial charge in [-0.2, -0.15) is 0 Å². The van der Waals surface area contributed by atoms with Crippen molar-refractivity contribution in [1.82, 2.24) is 4.98 Å². The van der Waals surface area contributed by atoms with Crippen LogP contribution in [0.4, 0.5) is 0 Å². The number of aliphatic hydroxyl groups excluding tert-OH is 2. The third-order valence-corrected chi connectivity index (χ3v) is 2.40. The minimum atomic E-state index is -0.904. The fourth-order valence-corrected chi connectivity index (χ4v) is 1.61. The third kappa shape index (κ3) is 4.32. The number of hydrogen-bond donors (Lipinski definition) is 2. The fourth-order valence-electron chi connectivity index (χ4n) is 1.61. The molecule has 96 valence electrons. The summed E-state index contributed by atoms with van der Waals surface area (Å²) in [6, 6.07) is 1.72. The van der Waals surface area contributed by atoms with Crippen LogP contribution in [0.1, 0.15) is 45.3 Å². The van der Waals surface area contributed by atoms with Gasteiger partial charge in [-0.05, 0) is 26.3 Å². The van der Waals surface area contributed by atoms with Gasteiger partial charge in [-0.15, -0.1) is 0 Å². The molecule has 0 bridgehead atoms. The Morgan fingerprint density at radius 2 is 2.00 bits per heavy atom. The highest BCUT2D eigenvalue weighted by Crippen LogP contribution is 2.23. The Balaban J connectivity index is 2.76. The molecule has 1 rings (SSSR count). The summed E-state index contributed by atoms with van der Waals surface area (Å²) >= 11 is 0. The van der Waals surface area contributed by atoms with Gasteiger partial charge in [0.05, 0.1) is 18.4 Å². The topological polar surface area (TPSA) is 62.6 Å². The molecule has 0 amide bonds. The molecule has 0 fully saturated rings. The van der Waals surface area contributed by atoms with E-state index in [-0.39, 0.29) is 6.10 Å². The van der Waals surface area contributed by atoms with Crippen molar-refractivity contribution in [3.63, 3.8) is 0 Å². The maximum absolute atomic E-state index is 9.93. The first kappa shape index (κ1) is 13.9. The first-order valence-electron chi connectivity index (χ1n) is 6.02. The number of aliphatic hydroxyl groups is 2. The van der Waals surface area contributed by atoms with Gasteiger partial charge in [0.1, 0.15) is 11.9 Å². The van der Waals surface area contributed by atoms with Gasteiger partial charge in [0.2, 0.25) is 0 Å². The van der Waals surface area contributed by atoms with E-state index in [1.54, 1.807) is 18.5 Å². The number of rotatable bonds is 6. The van der Waals surface area contributed by atoms with Crippen molar-refractivity contribution in [2.24, 2.45) is 0 Å². The largest absolute Gasteiger partial charge is 0.489 e. The minimum Gasteiger partial charge on any atom is -0.489 e. The van der Waals surface area contributed by atoms with Crippen molar-refractivity contribution < 1.29 is 14.9 Å². The quantitative estimate of drug-likeness (QED) is 0.797. The van der Waals surface area contributed by atoms with Crippen molar-refractivity contribution in [2.75, 3.05) is 0 Å². The second-order valence-electron chi connectivity index (χ2n) is 4.42. The lowest BCUT2D eigenvalue weighted by Gasteiger charge is -2.18. The number of pyridine rings is 1. The summed E-state index contributed by atoms with van der Waals surface area (Å²) in [6.45, 7) is 5.82. The Morgan fingerprint density at radius 3 is 2.59 bits per heavy atom. The molecular weight excluding hydrogens is 218 g/mol. The van der Waals surface area contributed by atoms with Crippen LogP contribution in [0.15, 0.2) is 18.5 Å². The van der Waals surface area contributed by atoms with Crippen molar-refractivity contribution in [1.29, 1.82) is 0 Å². The molecule has 2 atom stereocenters. The van der Waals surface area contributed by atoms with Crippen LogP contribution in [0, 0.1) is 0 Å². The summed E-state index contributed by atoms with van der Waals surface area (Å²) in [4.78, 5) is 4.01. The highest BCUT2D eigenvalue weighted by Gasteiger charge is 2.18. The van der Waals surface area contributed by atoms with E-state index in [0.717, 1.165) is 6.42 Å². The van der Waals surface area contributed by atoms with E-state index in [0.29, 0.717) is 17.7 Å². The second-order valence-corrected chi connectivity index (χ2v) is 4.42. The van der Waals surface area contributed by atoms with Gasteiger partial charge in [0, 0.05) is 11.8 Å². The average molecular weight is 239 g/mol. The summed E-state index contributed by atoms with van der Waals surface area (Å²) in [7, 11) is 0. The third-order valence-electron chi connectivity index (χ3n) is 2.40. The van der Waals surface area contributed by atoms with Gasteiger partial charge in [0.15, 0.2) is 0 Å². The van der Waals surface area contributed by atoms with Crippen LogP contribution >= 0.6 is 0 Å². The maximum Gasteiger partial charge on any atom is 0.138 e. The van der Waals surface area contributed by atoms with E-state index in [9.17, 15) is 10.2 Å². The van der Waals surface area contributed by atoms with Crippen molar-refractivity contribution >= 4 is 0 Å². The number of hydrogen-bond acceptors (Lipinski definition) is 4. The van der Waals surface area contributed by atoms with Gasteiger partial charge in [0.25, 0.3) is 0 Å². The number of aromatic nitrogens is 1. The zero-order chi connectivity index (χ0) is 12.8. The van der Waals surface area contributed by atoms with E-state index in [4.69, 9.17) is 4.74 Å². The van der Waals surface area contributed by atoms with Gasteiger partial charge in [-0.25, -0.2) is 0 Å². The monoisotopic (exact) mass is 239 g/mol. The molecule has 0 radical (unpaired) electrons. The Bertz CT molecular complexity index is 341. The van der Waals surface area contributed by atoms with Crippen LogP contribution in [0.5, 0.6) is 5.75 Å².